The maximum Gasteiger partial charge on any atom is 0.320 e. The van der Waals surface area contributed by atoms with Crippen LogP contribution in [0.1, 0.15) is 240 Å². The molecule has 9 nitrogen and oxygen atoms in total. The van der Waals surface area contributed by atoms with Crippen LogP contribution < -0.4 is 0 Å². The van der Waals surface area contributed by atoms with E-state index in [9.17, 15) is 0 Å². The van der Waals surface area contributed by atoms with Crippen LogP contribution in [0.25, 0.3) is 0 Å². The second kappa shape index (κ2) is 36.8. The summed E-state index contributed by atoms with van der Waals surface area (Å²) in [6, 6.07) is 17.4. The lowest BCUT2D eigenvalue weighted by atomic mass is 10.6. The molecule has 0 radical (unpaired) electrons. The minimum atomic E-state index is -3.03. The smallest absolute Gasteiger partial charge is 0.320 e. The molecule has 0 aromatic heterocycles. The van der Waals surface area contributed by atoms with E-state index in [0.29, 0.717) is 0 Å². The van der Waals surface area contributed by atoms with Crippen LogP contribution in [0.5, 0.6) is 0 Å². The first-order valence-corrected chi connectivity index (χ1v) is 51.8. The van der Waals surface area contributed by atoms with Gasteiger partial charge in [-0.1, -0.05) is 240 Å². The topological polar surface area (TPSA) is 83.1 Å². The number of hydrogen-bond acceptors (Lipinski definition) is 9. The molecule has 0 spiro atoms. The molecule has 1 rings (SSSR count). The van der Waals surface area contributed by atoms with Gasteiger partial charge >= 0.3 is 77.0 Å². The molecule has 0 amide bonds. The van der Waals surface area contributed by atoms with Gasteiger partial charge < -0.3 is 37.0 Å². The van der Waals surface area contributed by atoms with E-state index in [1.54, 1.807) is 0 Å². The third-order valence-corrected chi connectivity index (χ3v) is 64.2. The fourth-order valence-electron chi connectivity index (χ4n) is 13.1. The van der Waals surface area contributed by atoms with Crippen LogP contribution in [0.3, 0.4) is 0 Å². The molecule has 1 aliphatic rings. The molecule has 0 atom stereocenters. The van der Waals surface area contributed by atoms with Crippen LogP contribution in [0.4, 0.5) is 0 Å². The van der Waals surface area contributed by atoms with E-state index in [0.717, 1.165) is 224 Å². The summed E-state index contributed by atoms with van der Waals surface area (Å²) in [4.78, 5) is 0. The van der Waals surface area contributed by atoms with E-state index in [2.05, 4.69) is 125 Å². The summed E-state index contributed by atoms with van der Waals surface area (Å²) < 4.78 is 76.4. The lowest BCUT2D eigenvalue weighted by Gasteiger charge is -2.54. The molecule has 18 heteroatoms. The second-order valence-electron chi connectivity index (χ2n) is 22.6. The largest absolute Gasteiger partial charge is 0.415 e. The highest BCUT2D eigenvalue weighted by molar-refractivity contribution is 6.96. The highest BCUT2D eigenvalue weighted by Crippen LogP contribution is 2.47. The van der Waals surface area contributed by atoms with Gasteiger partial charge in [0.1, 0.15) is 0 Å². The van der Waals surface area contributed by atoms with Crippen molar-refractivity contribution in [2.24, 2.45) is 0 Å². The van der Waals surface area contributed by atoms with Gasteiger partial charge in [-0.05, 0) is 109 Å². The lowest BCUT2D eigenvalue weighted by molar-refractivity contribution is 0.208. The molecule has 1 fully saturated rings. The summed E-state index contributed by atoms with van der Waals surface area (Å²) in [6.07, 6.45) is 18.5. The summed E-state index contributed by atoms with van der Waals surface area (Å²) in [5.41, 5.74) is 0. The van der Waals surface area contributed by atoms with Crippen molar-refractivity contribution in [3.05, 3.63) is 0 Å². The lowest BCUT2D eigenvalue weighted by Crippen LogP contribution is -2.70. The van der Waals surface area contributed by atoms with Crippen LogP contribution in [0.15, 0.2) is 0 Å². The zero-order valence-corrected chi connectivity index (χ0v) is 60.6. The molecular weight excluding hydrogens is 1050 g/mol. The SMILES string of the molecule is CCC[Si]1(CCC)O[Si](CCC)(CCC)O[Si](CCC)(CCC)O[Si](CCC)(CCC)O[Si](CCC)(CCC)O[Si](CCC)(CCC)O[Si](CCC)(CCC)O[Si](CCC)(CCC)O[Si](CCC)(CCC)O1. The van der Waals surface area contributed by atoms with Crippen LogP contribution in [-0.4, -0.2) is 77.0 Å². The summed E-state index contributed by atoms with van der Waals surface area (Å²) in [5, 5.41) is 0. The van der Waals surface area contributed by atoms with Crippen molar-refractivity contribution in [2.75, 3.05) is 0 Å². The Morgan fingerprint density at radius 2 is 0.181 bits per heavy atom. The highest BCUT2D eigenvalue weighted by Gasteiger charge is 2.63. The van der Waals surface area contributed by atoms with Crippen molar-refractivity contribution >= 4 is 77.0 Å². The Morgan fingerprint density at radius 1 is 0.125 bits per heavy atom. The first-order chi connectivity index (χ1) is 34.5. The molecule has 0 N–H and O–H groups in total. The molecule has 0 unspecified atom stereocenters. The zero-order chi connectivity index (χ0) is 54.3. The van der Waals surface area contributed by atoms with Gasteiger partial charge in [-0.3, -0.25) is 0 Å². The van der Waals surface area contributed by atoms with E-state index < -0.39 is 77.0 Å². The summed E-state index contributed by atoms with van der Waals surface area (Å²) in [5.74, 6) is 0. The Kier molecular flexibility index (Phi) is 36.6. The third-order valence-electron chi connectivity index (χ3n) is 14.7. The molecule has 432 valence electrons. The molecule has 1 aliphatic heterocycles. The monoisotopic (exact) mass is 1170 g/mol. The number of hydrogen-bond donors (Lipinski definition) is 0. The minimum Gasteiger partial charge on any atom is -0.415 e. The van der Waals surface area contributed by atoms with Gasteiger partial charge in [0.05, 0.1) is 0 Å². The average Bonchev–Trinajstić information content (AvgIpc) is 3.27. The molecule has 0 aliphatic carbocycles. The molecular formula is C54H126O9Si9. The molecule has 1 saturated heterocycles. The predicted molar refractivity (Wildman–Crippen MR) is 333 cm³/mol. The fourth-order valence-corrected chi connectivity index (χ4v) is 73.0. The Morgan fingerprint density at radius 3 is 0.222 bits per heavy atom. The average molecular weight is 1170 g/mol. The van der Waals surface area contributed by atoms with Crippen molar-refractivity contribution in [1.29, 1.82) is 0 Å². The summed E-state index contributed by atoms with van der Waals surface area (Å²) in [6.45, 7) is 42.7. The van der Waals surface area contributed by atoms with Crippen molar-refractivity contribution in [2.45, 2.75) is 349 Å². The summed E-state index contributed by atoms with van der Waals surface area (Å²) >= 11 is 0. The predicted octanol–water partition coefficient (Wildman–Crippen LogP) is 20.5. The van der Waals surface area contributed by atoms with Crippen molar-refractivity contribution in [1.82, 2.24) is 0 Å². The van der Waals surface area contributed by atoms with Crippen molar-refractivity contribution in [3.8, 4) is 0 Å². The van der Waals surface area contributed by atoms with E-state index in [1.165, 1.54) is 0 Å². The minimum absolute atomic E-state index is 0.967. The van der Waals surface area contributed by atoms with Gasteiger partial charge in [0.25, 0.3) is 0 Å². The fraction of sp³-hybridized carbons (Fsp3) is 1.00. The van der Waals surface area contributed by atoms with E-state index in [-0.39, 0.29) is 0 Å². The zero-order valence-electron chi connectivity index (χ0n) is 51.6. The first kappa shape index (κ1) is 71.6. The van der Waals surface area contributed by atoms with Gasteiger partial charge in [-0.15, -0.1) is 0 Å². The number of rotatable bonds is 36. The van der Waals surface area contributed by atoms with E-state index >= 15 is 0 Å². The van der Waals surface area contributed by atoms with Gasteiger partial charge in [0.15, 0.2) is 0 Å². The van der Waals surface area contributed by atoms with Crippen LogP contribution in [0.2, 0.25) is 109 Å². The quantitative estimate of drug-likeness (QED) is 0.0570. The van der Waals surface area contributed by atoms with Crippen molar-refractivity contribution in [3.63, 3.8) is 0 Å². The Bertz CT molecular complexity index is 967. The van der Waals surface area contributed by atoms with E-state index in [4.69, 9.17) is 37.0 Å². The molecule has 0 bridgehead atoms. The van der Waals surface area contributed by atoms with Crippen LogP contribution >= 0.6 is 0 Å². The summed E-state index contributed by atoms with van der Waals surface area (Å²) in [7, 11) is -27.2. The third kappa shape index (κ3) is 21.9. The standard InChI is InChI=1S/C54H126O9Si9/c1-19-37-64(38-20-2)55-65(39-21-3,40-22-4)57-67(43-25-7,44-26-8)59-69(47-29-11,48-30-12)61-71(51-33-15,52-34-16)63-72(53-35-17,54-36-18)62-70(49-31-13,50-32-14)60-68(45-27-9,46-28-10)58-66(56-64,41-23-5)42-24-6/h19-54H2,1-18H3. The molecule has 0 saturated carbocycles. The maximum atomic E-state index is 8.49. The normalized spacial score (nSPS) is 21.8. The molecule has 0 aromatic carbocycles. The van der Waals surface area contributed by atoms with Gasteiger partial charge in [0, 0.05) is 0 Å². The van der Waals surface area contributed by atoms with Crippen molar-refractivity contribution < 1.29 is 37.0 Å². The van der Waals surface area contributed by atoms with Gasteiger partial charge in [-0.25, -0.2) is 0 Å². The van der Waals surface area contributed by atoms with Gasteiger partial charge in [0.2, 0.25) is 0 Å². The Hall–Kier alpha value is 1.59. The first-order valence-electron chi connectivity index (χ1n) is 31.8. The maximum absolute atomic E-state index is 8.49. The Labute approximate surface area is 460 Å². The highest BCUT2D eigenvalue weighted by atomic mass is 28.5. The van der Waals surface area contributed by atoms with Crippen LogP contribution in [-0.2, 0) is 37.0 Å². The molecule has 0 aromatic rings. The van der Waals surface area contributed by atoms with E-state index in [1.807, 2.05) is 0 Å². The molecule has 1 heterocycles. The second-order valence-corrected chi connectivity index (χ2v) is 55.4. The molecule has 72 heavy (non-hydrogen) atoms. The van der Waals surface area contributed by atoms with Crippen LogP contribution in [0, 0.1) is 0 Å². The Balaban J connectivity index is 5.22. The van der Waals surface area contributed by atoms with Gasteiger partial charge in [-0.2, -0.15) is 0 Å².